The van der Waals surface area contributed by atoms with Crippen LogP contribution >= 0.6 is 0 Å². The Kier molecular flexibility index (Phi) is 3.76. The van der Waals surface area contributed by atoms with Gasteiger partial charge in [0.1, 0.15) is 0 Å². The average Bonchev–Trinajstić information content (AvgIpc) is 2.33. The monoisotopic (exact) mass is 233 g/mol. The van der Waals surface area contributed by atoms with Gasteiger partial charge in [0, 0.05) is 25.2 Å². The van der Waals surface area contributed by atoms with Crippen LogP contribution in [0.2, 0.25) is 0 Å². The zero-order valence-corrected chi connectivity index (χ0v) is 9.98. The van der Waals surface area contributed by atoms with Crippen molar-refractivity contribution in [1.29, 1.82) is 0 Å². The summed E-state index contributed by atoms with van der Waals surface area (Å²) in [6, 6.07) is 6.24. The molecule has 2 rings (SSSR count). The number of nitrogens with two attached hydrogens (primary N) is 2. The van der Waals surface area contributed by atoms with Crippen molar-refractivity contribution in [2.45, 2.75) is 19.3 Å². The molecule has 1 aliphatic rings. The smallest absolute Gasteiger partial charge is 0.227 e. The second-order valence-corrected chi connectivity index (χ2v) is 4.34. The zero-order chi connectivity index (χ0) is 12.3. The lowest BCUT2D eigenvalue weighted by Crippen LogP contribution is -2.38. The Balaban J connectivity index is 2.30. The third-order valence-corrected chi connectivity index (χ3v) is 3.13. The lowest BCUT2D eigenvalue weighted by Gasteiger charge is -2.29. The summed E-state index contributed by atoms with van der Waals surface area (Å²) in [7, 11) is 0. The van der Waals surface area contributed by atoms with Gasteiger partial charge in [0.2, 0.25) is 5.91 Å². The quantitative estimate of drug-likeness (QED) is 0.792. The Morgan fingerprint density at radius 1 is 1.18 bits per heavy atom. The molecule has 1 aromatic rings. The van der Waals surface area contributed by atoms with E-state index in [9.17, 15) is 4.79 Å². The minimum absolute atomic E-state index is 0.175. The minimum Gasteiger partial charge on any atom is -0.330 e. The summed E-state index contributed by atoms with van der Waals surface area (Å²) in [4.78, 5) is 13.6. The van der Waals surface area contributed by atoms with Crippen molar-refractivity contribution in [1.82, 2.24) is 0 Å². The minimum atomic E-state index is 0.175. The molecule has 0 bridgehead atoms. The van der Waals surface area contributed by atoms with E-state index in [2.05, 4.69) is 6.07 Å². The molecule has 1 heterocycles. The molecule has 92 valence electrons. The lowest BCUT2D eigenvalue weighted by molar-refractivity contribution is -0.118. The second-order valence-electron chi connectivity index (χ2n) is 4.34. The fourth-order valence-corrected chi connectivity index (χ4v) is 2.31. The van der Waals surface area contributed by atoms with Gasteiger partial charge < -0.3 is 16.4 Å². The van der Waals surface area contributed by atoms with Crippen LogP contribution in [-0.4, -0.2) is 25.5 Å². The summed E-state index contributed by atoms with van der Waals surface area (Å²) in [6.45, 7) is 1.75. The molecule has 0 aliphatic carbocycles. The van der Waals surface area contributed by atoms with E-state index in [0.29, 0.717) is 26.1 Å². The number of rotatable bonds is 4. The molecule has 0 unspecified atom stereocenters. The molecule has 0 fully saturated rings. The fourth-order valence-electron chi connectivity index (χ4n) is 2.31. The number of benzene rings is 1. The highest BCUT2D eigenvalue weighted by atomic mass is 16.2. The standard InChI is InChI=1S/C13H19N3O/c14-6-5-10-1-3-12-11(9-10)2-4-13(17)16(12)8-7-15/h1,3,9H,2,4-8,14-15H2. The third-order valence-electron chi connectivity index (χ3n) is 3.13. The maximum atomic E-state index is 11.8. The number of carbonyl (C=O) groups excluding carboxylic acids is 1. The SMILES string of the molecule is NCCc1ccc2c(c1)CCC(=O)N2CCN. The number of hydrogen-bond donors (Lipinski definition) is 2. The van der Waals surface area contributed by atoms with Crippen molar-refractivity contribution in [3.63, 3.8) is 0 Å². The van der Waals surface area contributed by atoms with Gasteiger partial charge in [-0.3, -0.25) is 4.79 Å². The van der Waals surface area contributed by atoms with Crippen LogP contribution in [0.4, 0.5) is 5.69 Å². The Morgan fingerprint density at radius 2 is 2.00 bits per heavy atom. The maximum Gasteiger partial charge on any atom is 0.227 e. The molecule has 0 saturated carbocycles. The first-order chi connectivity index (χ1) is 8.26. The Bertz CT molecular complexity index is 417. The van der Waals surface area contributed by atoms with Gasteiger partial charge in [0.05, 0.1) is 0 Å². The van der Waals surface area contributed by atoms with Gasteiger partial charge >= 0.3 is 0 Å². The van der Waals surface area contributed by atoms with Gasteiger partial charge in [-0.25, -0.2) is 0 Å². The first kappa shape index (κ1) is 12.1. The van der Waals surface area contributed by atoms with E-state index in [1.54, 1.807) is 4.90 Å². The summed E-state index contributed by atoms with van der Waals surface area (Å²) in [5.41, 5.74) is 14.6. The molecule has 17 heavy (non-hydrogen) atoms. The van der Waals surface area contributed by atoms with Gasteiger partial charge in [-0.15, -0.1) is 0 Å². The number of nitrogens with zero attached hydrogens (tertiary/aromatic N) is 1. The number of fused-ring (bicyclic) bond motifs is 1. The molecule has 4 N–H and O–H groups in total. The molecule has 0 aromatic heterocycles. The first-order valence-electron chi connectivity index (χ1n) is 6.08. The van der Waals surface area contributed by atoms with E-state index in [4.69, 9.17) is 11.5 Å². The van der Waals surface area contributed by atoms with Crippen molar-refractivity contribution in [2.24, 2.45) is 11.5 Å². The molecular formula is C13H19N3O. The van der Waals surface area contributed by atoms with E-state index in [1.165, 1.54) is 11.1 Å². The zero-order valence-electron chi connectivity index (χ0n) is 9.98. The Morgan fingerprint density at radius 3 is 2.71 bits per heavy atom. The molecule has 4 heteroatoms. The van der Waals surface area contributed by atoms with Crippen molar-refractivity contribution in [3.8, 4) is 0 Å². The molecule has 4 nitrogen and oxygen atoms in total. The fraction of sp³-hybridized carbons (Fsp3) is 0.462. The van der Waals surface area contributed by atoms with Crippen LogP contribution in [-0.2, 0) is 17.6 Å². The summed E-state index contributed by atoms with van der Waals surface area (Å²) in [5.74, 6) is 0.175. The van der Waals surface area contributed by atoms with Crippen LogP contribution in [0.15, 0.2) is 18.2 Å². The van der Waals surface area contributed by atoms with Crippen LogP contribution in [0.3, 0.4) is 0 Å². The normalized spacial score (nSPS) is 14.9. The maximum absolute atomic E-state index is 11.8. The van der Waals surface area contributed by atoms with E-state index < -0.39 is 0 Å². The summed E-state index contributed by atoms with van der Waals surface area (Å²) in [5, 5.41) is 0. The summed E-state index contributed by atoms with van der Waals surface area (Å²) in [6.07, 6.45) is 2.30. The first-order valence-corrected chi connectivity index (χ1v) is 6.08. The van der Waals surface area contributed by atoms with Gasteiger partial charge in [-0.05, 0) is 36.6 Å². The largest absolute Gasteiger partial charge is 0.330 e. The molecule has 0 spiro atoms. The summed E-state index contributed by atoms with van der Waals surface area (Å²) >= 11 is 0. The van der Waals surface area contributed by atoms with E-state index in [0.717, 1.165) is 18.5 Å². The van der Waals surface area contributed by atoms with Gasteiger partial charge in [0.25, 0.3) is 0 Å². The number of aryl methyl sites for hydroxylation is 1. The van der Waals surface area contributed by atoms with Gasteiger partial charge in [-0.1, -0.05) is 12.1 Å². The molecular weight excluding hydrogens is 214 g/mol. The molecule has 1 amide bonds. The van der Waals surface area contributed by atoms with Gasteiger partial charge in [-0.2, -0.15) is 0 Å². The number of amides is 1. The number of hydrogen-bond acceptors (Lipinski definition) is 3. The average molecular weight is 233 g/mol. The van der Waals surface area contributed by atoms with Crippen LogP contribution in [0.25, 0.3) is 0 Å². The van der Waals surface area contributed by atoms with E-state index in [-0.39, 0.29) is 5.91 Å². The van der Waals surface area contributed by atoms with E-state index in [1.807, 2.05) is 12.1 Å². The van der Waals surface area contributed by atoms with E-state index >= 15 is 0 Å². The number of carbonyl (C=O) groups is 1. The van der Waals surface area contributed by atoms with Crippen molar-refractivity contribution in [3.05, 3.63) is 29.3 Å². The Labute approximate surface area is 102 Å². The molecule has 0 atom stereocenters. The van der Waals surface area contributed by atoms with Gasteiger partial charge in [0.15, 0.2) is 0 Å². The molecule has 0 radical (unpaired) electrons. The predicted molar refractivity (Wildman–Crippen MR) is 68.9 cm³/mol. The van der Waals surface area contributed by atoms with Crippen LogP contribution < -0.4 is 16.4 Å². The molecule has 0 saturated heterocycles. The van der Waals surface area contributed by atoms with Crippen LogP contribution in [0.5, 0.6) is 0 Å². The van der Waals surface area contributed by atoms with Crippen molar-refractivity contribution >= 4 is 11.6 Å². The highest BCUT2D eigenvalue weighted by Gasteiger charge is 2.23. The highest BCUT2D eigenvalue weighted by molar-refractivity contribution is 5.96. The van der Waals surface area contributed by atoms with Crippen molar-refractivity contribution in [2.75, 3.05) is 24.5 Å². The van der Waals surface area contributed by atoms with Crippen molar-refractivity contribution < 1.29 is 4.79 Å². The topological polar surface area (TPSA) is 72.4 Å². The molecule has 1 aliphatic heterocycles. The Hall–Kier alpha value is -1.39. The second kappa shape index (κ2) is 5.29. The highest BCUT2D eigenvalue weighted by Crippen LogP contribution is 2.28. The van der Waals surface area contributed by atoms with Crippen LogP contribution in [0, 0.1) is 0 Å². The predicted octanol–water partition coefficient (Wildman–Crippen LogP) is 0.426. The molecule has 1 aromatic carbocycles. The summed E-state index contributed by atoms with van der Waals surface area (Å²) < 4.78 is 0. The van der Waals surface area contributed by atoms with Crippen LogP contribution in [0.1, 0.15) is 17.5 Å². The number of anilines is 1. The lowest BCUT2D eigenvalue weighted by atomic mass is 9.97. The third kappa shape index (κ3) is 2.48.